The molecular weight excluding hydrogens is 178 g/mol. The second-order valence-electron chi connectivity index (χ2n) is 2.07. The van der Waals surface area contributed by atoms with Crippen LogP contribution in [0.2, 0.25) is 0 Å². The molecular formula is C8H12ClNS. The van der Waals surface area contributed by atoms with Crippen molar-refractivity contribution in [2.75, 3.05) is 6.26 Å². The van der Waals surface area contributed by atoms with Gasteiger partial charge in [-0.25, -0.2) is 0 Å². The summed E-state index contributed by atoms with van der Waals surface area (Å²) in [5.74, 6) is 0. The van der Waals surface area contributed by atoms with Crippen LogP contribution in [0.4, 0.5) is 0 Å². The van der Waals surface area contributed by atoms with Gasteiger partial charge in [0.05, 0.1) is 5.37 Å². The van der Waals surface area contributed by atoms with Crippen LogP contribution in [-0.2, 0) is 0 Å². The Balaban J connectivity index is 0.000001000. The largest absolute Gasteiger partial charge is 0.316 e. The van der Waals surface area contributed by atoms with E-state index in [-0.39, 0.29) is 17.8 Å². The van der Waals surface area contributed by atoms with Gasteiger partial charge in [-0.05, 0) is 11.8 Å². The maximum absolute atomic E-state index is 5.76. The minimum Gasteiger partial charge on any atom is -0.316 e. The minimum absolute atomic E-state index is 0. The predicted octanol–water partition coefficient (Wildman–Crippen LogP) is 2.43. The summed E-state index contributed by atoms with van der Waals surface area (Å²) >= 11 is 1.66. The third-order valence-corrected chi connectivity index (χ3v) is 2.16. The van der Waals surface area contributed by atoms with Crippen LogP contribution in [0.3, 0.4) is 0 Å². The first kappa shape index (κ1) is 10.8. The summed E-state index contributed by atoms with van der Waals surface area (Å²) in [7, 11) is 0. The Morgan fingerprint density at radius 1 is 1.27 bits per heavy atom. The van der Waals surface area contributed by atoms with E-state index in [0.29, 0.717) is 0 Å². The van der Waals surface area contributed by atoms with Crippen LogP contribution in [0.5, 0.6) is 0 Å². The second-order valence-corrected chi connectivity index (χ2v) is 3.05. The third kappa shape index (κ3) is 3.14. The standard InChI is InChI=1S/C8H11NS.ClH/c1-10-8(9)7-5-3-2-4-6-7;/h2-6,8H,9H2,1H3;1H. The maximum atomic E-state index is 5.76. The van der Waals surface area contributed by atoms with E-state index in [1.165, 1.54) is 5.56 Å². The molecule has 0 aliphatic rings. The van der Waals surface area contributed by atoms with Gasteiger partial charge in [0.2, 0.25) is 0 Å². The first-order valence-corrected chi connectivity index (χ1v) is 4.46. The zero-order valence-corrected chi connectivity index (χ0v) is 7.99. The molecule has 1 atom stereocenters. The summed E-state index contributed by atoms with van der Waals surface area (Å²) < 4.78 is 0. The summed E-state index contributed by atoms with van der Waals surface area (Å²) in [6.07, 6.45) is 2.01. The lowest BCUT2D eigenvalue weighted by Crippen LogP contribution is -2.03. The van der Waals surface area contributed by atoms with Crippen LogP contribution in [0, 0.1) is 0 Å². The second kappa shape index (κ2) is 5.47. The van der Waals surface area contributed by atoms with E-state index >= 15 is 0 Å². The van der Waals surface area contributed by atoms with Crippen molar-refractivity contribution in [2.45, 2.75) is 5.37 Å². The molecule has 0 radical (unpaired) electrons. The highest BCUT2D eigenvalue weighted by molar-refractivity contribution is 7.98. The highest BCUT2D eigenvalue weighted by Crippen LogP contribution is 2.19. The fourth-order valence-corrected chi connectivity index (χ4v) is 1.21. The number of hydrogen-bond acceptors (Lipinski definition) is 2. The number of rotatable bonds is 2. The molecule has 1 nitrogen and oxygen atoms in total. The molecule has 1 rings (SSSR count). The molecule has 2 N–H and O–H groups in total. The van der Waals surface area contributed by atoms with E-state index in [9.17, 15) is 0 Å². The molecule has 0 amide bonds. The first-order valence-electron chi connectivity index (χ1n) is 3.18. The van der Waals surface area contributed by atoms with E-state index < -0.39 is 0 Å². The highest BCUT2D eigenvalue weighted by atomic mass is 35.5. The van der Waals surface area contributed by atoms with Crippen molar-refractivity contribution in [2.24, 2.45) is 5.73 Å². The van der Waals surface area contributed by atoms with Crippen molar-refractivity contribution in [1.29, 1.82) is 0 Å². The molecule has 3 heteroatoms. The van der Waals surface area contributed by atoms with Gasteiger partial charge >= 0.3 is 0 Å². The van der Waals surface area contributed by atoms with Gasteiger partial charge in [-0.3, -0.25) is 0 Å². The minimum atomic E-state index is 0. The normalized spacial score (nSPS) is 11.8. The van der Waals surface area contributed by atoms with Crippen molar-refractivity contribution in [1.82, 2.24) is 0 Å². The number of thioether (sulfide) groups is 1. The Labute approximate surface area is 77.8 Å². The molecule has 0 aliphatic carbocycles. The zero-order chi connectivity index (χ0) is 7.40. The molecule has 0 spiro atoms. The monoisotopic (exact) mass is 189 g/mol. The molecule has 0 saturated heterocycles. The molecule has 0 bridgehead atoms. The third-order valence-electron chi connectivity index (χ3n) is 1.38. The lowest BCUT2D eigenvalue weighted by Gasteiger charge is -2.06. The number of nitrogens with two attached hydrogens (primary N) is 1. The molecule has 11 heavy (non-hydrogen) atoms. The molecule has 62 valence electrons. The Morgan fingerprint density at radius 2 is 1.82 bits per heavy atom. The van der Waals surface area contributed by atoms with Crippen LogP contribution < -0.4 is 5.73 Å². The van der Waals surface area contributed by atoms with Crippen molar-refractivity contribution >= 4 is 24.2 Å². The Morgan fingerprint density at radius 3 is 2.27 bits per heavy atom. The van der Waals surface area contributed by atoms with E-state index in [1.807, 2.05) is 36.6 Å². The molecule has 0 aromatic heterocycles. The van der Waals surface area contributed by atoms with E-state index in [4.69, 9.17) is 5.73 Å². The molecule has 1 aromatic rings. The molecule has 1 aromatic carbocycles. The summed E-state index contributed by atoms with van der Waals surface area (Å²) in [5.41, 5.74) is 6.95. The number of benzene rings is 1. The average Bonchev–Trinajstić information content (AvgIpc) is 2.05. The van der Waals surface area contributed by atoms with Gasteiger partial charge in [-0.2, -0.15) is 0 Å². The van der Waals surface area contributed by atoms with Crippen LogP contribution in [0.25, 0.3) is 0 Å². The quantitative estimate of drug-likeness (QED) is 0.724. The molecule has 0 heterocycles. The topological polar surface area (TPSA) is 26.0 Å². The lowest BCUT2D eigenvalue weighted by atomic mass is 10.2. The van der Waals surface area contributed by atoms with E-state index in [2.05, 4.69) is 0 Å². The van der Waals surface area contributed by atoms with Crippen molar-refractivity contribution in [3.8, 4) is 0 Å². The van der Waals surface area contributed by atoms with Crippen LogP contribution >= 0.6 is 24.2 Å². The van der Waals surface area contributed by atoms with Crippen LogP contribution in [0.1, 0.15) is 10.9 Å². The Bertz CT molecular complexity index is 191. The van der Waals surface area contributed by atoms with Gasteiger partial charge in [0.1, 0.15) is 0 Å². The zero-order valence-electron chi connectivity index (χ0n) is 6.36. The fourth-order valence-electron chi connectivity index (χ4n) is 0.779. The van der Waals surface area contributed by atoms with Gasteiger partial charge < -0.3 is 5.73 Å². The molecule has 0 saturated carbocycles. The summed E-state index contributed by atoms with van der Waals surface area (Å²) in [6.45, 7) is 0. The fraction of sp³-hybridized carbons (Fsp3) is 0.250. The summed E-state index contributed by atoms with van der Waals surface area (Å²) in [4.78, 5) is 0. The van der Waals surface area contributed by atoms with Gasteiger partial charge in [0, 0.05) is 0 Å². The highest BCUT2D eigenvalue weighted by Gasteiger charge is 1.99. The first-order chi connectivity index (χ1) is 4.84. The maximum Gasteiger partial charge on any atom is 0.0761 e. The van der Waals surface area contributed by atoms with E-state index in [1.54, 1.807) is 11.8 Å². The van der Waals surface area contributed by atoms with Gasteiger partial charge in [-0.15, -0.1) is 24.2 Å². The molecule has 1 unspecified atom stereocenters. The van der Waals surface area contributed by atoms with Crippen molar-refractivity contribution in [3.05, 3.63) is 35.9 Å². The van der Waals surface area contributed by atoms with Gasteiger partial charge in [0.25, 0.3) is 0 Å². The Hall–Kier alpha value is -0.180. The SMILES string of the molecule is CSC(N)c1ccccc1.Cl. The van der Waals surface area contributed by atoms with Crippen LogP contribution in [0.15, 0.2) is 30.3 Å². The van der Waals surface area contributed by atoms with Crippen molar-refractivity contribution in [3.63, 3.8) is 0 Å². The predicted molar refractivity (Wildman–Crippen MR) is 54.1 cm³/mol. The molecule has 0 fully saturated rings. The summed E-state index contributed by atoms with van der Waals surface area (Å²) in [6, 6.07) is 10.1. The number of halogens is 1. The van der Waals surface area contributed by atoms with Crippen LogP contribution in [-0.4, -0.2) is 6.26 Å². The van der Waals surface area contributed by atoms with E-state index in [0.717, 1.165) is 0 Å². The molecule has 0 aliphatic heterocycles. The Kier molecular flexibility index (Phi) is 5.38. The average molecular weight is 190 g/mol. The van der Waals surface area contributed by atoms with Gasteiger partial charge in [-0.1, -0.05) is 30.3 Å². The lowest BCUT2D eigenvalue weighted by molar-refractivity contribution is 1.04. The van der Waals surface area contributed by atoms with Gasteiger partial charge in [0.15, 0.2) is 0 Å². The smallest absolute Gasteiger partial charge is 0.0761 e. The summed E-state index contributed by atoms with van der Waals surface area (Å²) in [5, 5.41) is 0.126. The number of hydrogen-bond donors (Lipinski definition) is 1. The van der Waals surface area contributed by atoms with Crippen molar-refractivity contribution < 1.29 is 0 Å².